The Hall–Kier alpha value is -3.92. The van der Waals surface area contributed by atoms with Gasteiger partial charge in [-0.2, -0.15) is 8.78 Å². The first kappa shape index (κ1) is 27.7. The maximum absolute atomic E-state index is 12.6. The first-order chi connectivity index (χ1) is 17.5. The molecule has 0 spiro atoms. The number of amides is 2. The zero-order valence-corrected chi connectivity index (χ0v) is 20.6. The van der Waals surface area contributed by atoms with Crippen LogP contribution in [0.3, 0.4) is 0 Å². The molecule has 0 bridgehead atoms. The Morgan fingerprint density at radius 2 is 1.57 bits per heavy atom. The Balaban J connectivity index is 0.00000380. The Kier molecular flexibility index (Phi) is 10.0. The molecule has 0 aliphatic carbocycles. The Morgan fingerprint density at radius 1 is 0.946 bits per heavy atom. The van der Waals surface area contributed by atoms with Crippen molar-refractivity contribution in [2.24, 2.45) is 5.92 Å². The molecular formula is C26H27ClF2N4O4. The zero-order valence-electron chi connectivity index (χ0n) is 19.8. The molecule has 196 valence electrons. The lowest BCUT2D eigenvalue weighted by Crippen LogP contribution is -2.35. The minimum atomic E-state index is -2.94. The van der Waals surface area contributed by atoms with Crippen LogP contribution >= 0.6 is 12.4 Å². The van der Waals surface area contributed by atoms with Gasteiger partial charge in [-0.3, -0.25) is 15.1 Å². The number of hydrogen-bond donors (Lipinski definition) is 2. The van der Waals surface area contributed by atoms with Gasteiger partial charge in [-0.1, -0.05) is 12.1 Å². The Bertz CT molecular complexity index is 1160. The Morgan fingerprint density at radius 3 is 2.19 bits per heavy atom. The number of hydrogen-bond acceptors (Lipinski definition) is 6. The summed E-state index contributed by atoms with van der Waals surface area (Å²) in [5.41, 5.74) is 2.13. The third kappa shape index (κ3) is 8.04. The van der Waals surface area contributed by atoms with Crippen molar-refractivity contribution in [1.29, 1.82) is 0 Å². The van der Waals surface area contributed by atoms with E-state index in [0.29, 0.717) is 18.0 Å². The SMILES string of the molecule is Cl.O=C(Nc1ccccc1NC(=O)c1ccc(OC(F)F)cc1)OCC1CCN(c2ccncc2)CC1. The van der Waals surface area contributed by atoms with E-state index in [-0.39, 0.29) is 29.6 Å². The predicted molar refractivity (Wildman–Crippen MR) is 139 cm³/mol. The van der Waals surface area contributed by atoms with Gasteiger partial charge in [-0.05, 0) is 67.3 Å². The minimum absolute atomic E-state index is 0. The molecule has 0 atom stereocenters. The third-order valence-electron chi connectivity index (χ3n) is 5.85. The molecule has 2 heterocycles. The number of nitrogens with one attached hydrogen (secondary N) is 2. The topological polar surface area (TPSA) is 92.8 Å². The number of ether oxygens (including phenoxy) is 2. The second-order valence-electron chi connectivity index (χ2n) is 8.26. The van der Waals surface area contributed by atoms with Gasteiger partial charge in [-0.15, -0.1) is 12.4 Å². The Labute approximate surface area is 219 Å². The predicted octanol–water partition coefficient (Wildman–Crippen LogP) is 5.82. The fraction of sp³-hybridized carbons (Fsp3) is 0.269. The number of carbonyl (C=O) groups is 2. The summed E-state index contributed by atoms with van der Waals surface area (Å²) >= 11 is 0. The molecule has 37 heavy (non-hydrogen) atoms. The number of piperidine rings is 1. The standard InChI is InChI=1S/C26H26F2N4O4.ClH/c27-25(28)36-21-7-5-19(6-8-21)24(33)30-22-3-1-2-4-23(22)31-26(34)35-17-18-11-15-32(16-12-18)20-9-13-29-14-10-20;/h1-10,13-14,18,25H,11-12,15-17H2,(H,30,33)(H,31,34);1H. The average molecular weight is 533 g/mol. The van der Waals surface area contributed by atoms with Crippen molar-refractivity contribution in [2.45, 2.75) is 19.5 Å². The molecule has 1 saturated heterocycles. The van der Waals surface area contributed by atoms with Gasteiger partial charge in [0.2, 0.25) is 0 Å². The summed E-state index contributed by atoms with van der Waals surface area (Å²) in [6.07, 6.45) is 4.75. The molecule has 0 unspecified atom stereocenters. The molecule has 1 fully saturated rings. The number of halogens is 3. The van der Waals surface area contributed by atoms with Crippen LogP contribution in [-0.2, 0) is 4.74 Å². The maximum Gasteiger partial charge on any atom is 0.411 e. The molecule has 11 heteroatoms. The molecule has 2 aromatic carbocycles. The summed E-state index contributed by atoms with van der Waals surface area (Å²) in [6.45, 7) is -0.882. The second kappa shape index (κ2) is 13.4. The van der Waals surface area contributed by atoms with Crippen LogP contribution in [0.1, 0.15) is 23.2 Å². The number of rotatable bonds is 8. The lowest BCUT2D eigenvalue weighted by atomic mass is 9.97. The van der Waals surface area contributed by atoms with Gasteiger partial charge >= 0.3 is 12.7 Å². The molecule has 2 N–H and O–H groups in total. The van der Waals surface area contributed by atoms with Crippen molar-refractivity contribution in [1.82, 2.24) is 4.98 Å². The van der Waals surface area contributed by atoms with Crippen LogP contribution in [0.15, 0.2) is 73.1 Å². The highest BCUT2D eigenvalue weighted by Crippen LogP contribution is 2.25. The van der Waals surface area contributed by atoms with Crippen LogP contribution in [-0.4, -0.2) is 43.3 Å². The summed E-state index contributed by atoms with van der Waals surface area (Å²) in [7, 11) is 0. The first-order valence-electron chi connectivity index (χ1n) is 11.5. The van der Waals surface area contributed by atoms with Crippen LogP contribution in [0.4, 0.5) is 30.6 Å². The van der Waals surface area contributed by atoms with Crippen molar-refractivity contribution in [2.75, 3.05) is 35.2 Å². The maximum atomic E-state index is 12.6. The van der Waals surface area contributed by atoms with Crippen LogP contribution in [0.25, 0.3) is 0 Å². The quantitative estimate of drug-likeness (QED) is 0.379. The number of aromatic nitrogens is 1. The molecule has 0 saturated carbocycles. The van der Waals surface area contributed by atoms with Gasteiger partial charge in [0.05, 0.1) is 18.0 Å². The molecule has 2 amide bonds. The smallest absolute Gasteiger partial charge is 0.411 e. The van der Waals surface area contributed by atoms with E-state index in [1.807, 2.05) is 12.1 Å². The number of benzene rings is 2. The number of anilines is 3. The first-order valence-corrected chi connectivity index (χ1v) is 11.5. The summed E-state index contributed by atoms with van der Waals surface area (Å²) in [5.74, 6) is -0.252. The van der Waals surface area contributed by atoms with Crippen LogP contribution in [0, 0.1) is 5.92 Å². The van der Waals surface area contributed by atoms with E-state index in [1.54, 1.807) is 36.7 Å². The van der Waals surface area contributed by atoms with Crippen molar-refractivity contribution in [3.05, 3.63) is 78.6 Å². The van der Waals surface area contributed by atoms with Crippen molar-refractivity contribution in [3.63, 3.8) is 0 Å². The number of alkyl halides is 2. The highest BCUT2D eigenvalue weighted by atomic mass is 35.5. The normalized spacial score (nSPS) is 13.4. The summed E-state index contributed by atoms with van der Waals surface area (Å²) in [5, 5.41) is 5.39. The van der Waals surface area contributed by atoms with Gasteiger partial charge in [0, 0.05) is 36.7 Å². The molecule has 8 nitrogen and oxygen atoms in total. The summed E-state index contributed by atoms with van der Waals surface area (Å²) in [6, 6.07) is 16.0. The van der Waals surface area contributed by atoms with E-state index in [0.717, 1.165) is 31.6 Å². The molecule has 3 aromatic rings. The lowest BCUT2D eigenvalue weighted by Gasteiger charge is -2.33. The number of nitrogens with zero attached hydrogens (tertiary/aromatic N) is 2. The van der Waals surface area contributed by atoms with Gasteiger partial charge in [0.25, 0.3) is 5.91 Å². The average Bonchev–Trinajstić information content (AvgIpc) is 2.89. The van der Waals surface area contributed by atoms with E-state index in [4.69, 9.17) is 4.74 Å². The van der Waals surface area contributed by atoms with E-state index in [1.165, 1.54) is 24.3 Å². The van der Waals surface area contributed by atoms with E-state index in [9.17, 15) is 18.4 Å². The lowest BCUT2D eigenvalue weighted by molar-refractivity contribution is -0.0498. The molecule has 0 radical (unpaired) electrons. The summed E-state index contributed by atoms with van der Waals surface area (Å²) in [4.78, 5) is 31.4. The van der Waals surface area contributed by atoms with Crippen LogP contribution in [0.2, 0.25) is 0 Å². The third-order valence-corrected chi connectivity index (χ3v) is 5.85. The molecule has 4 rings (SSSR count). The van der Waals surface area contributed by atoms with E-state index >= 15 is 0 Å². The molecule has 1 aliphatic heterocycles. The zero-order chi connectivity index (χ0) is 25.3. The van der Waals surface area contributed by atoms with Crippen LogP contribution in [0.5, 0.6) is 5.75 Å². The van der Waals surface area contributed by atoms with Gasteiger partial charge in [-0.25, -0.2) is 4.79 Å². The van der Waals surface area contributed by atoms with Gasteiger partial charge < -0.3 is 19.7 Å². The highest BCUT2D eigenvalue weighted by molar-refractivity contribution is 6.06. The minimum Gasteiger partial charge on any atom is -0.449 e. The monoisotopic (exact) mass is 532 g/mol. The molecule has 1 aliphatic rings. The number of pyridine rings is 1. The fourth-order valence-corrected chi connectivity index (χ4v) is 3.94. The van der Waals surface area contributed by atoms with Crippen molar-refractivity contribution < 1.29 is 27.8 Å². The molecular weight excluding hydrogens is 506 g/mol. The highest BCUT2D eigenvalue weighted by Gasteiger charge is 2.21. The summed E-state index contributed by atoms with van der Waals surface area (Å²) < 4.78 is 34.4. The van der Waals surface area contributed by atoms with Crippen molar-refractivity contribution >= 4 is 41.5 Å². The van der Waals surface area contributed by atoms with Crippen LogP contribution < -0.4 is 20.3 Å². The van der Waals surface area contributed by atoms with E-state index in [2.05, 4.69) is 25.3 Å². The van der Waals surface area contributed by atoms with Gasteiger partial charge in [0.1, 0.15) is 5.75 Å². The number of para-hydroxylation sites is 2. The largest absolute Gasteiger partial charge is 0.449 e. The molecule has 1 aromatic heterocycles. The second-order valence-corrected chi connectivity index (χ2v) is 8.26. The van der Waals surface area contributed by atoms with E-state index < -0.39 is 18.6 Å². The van der Waals surface area contributed by atoms with Gasteiger partial charge in [0.15, 0.2) is 0 Å². The number of carbonyl (C=O) groups excluding carboxylic acids is 2. The fourth-order valence-electron chi connectivity index (χ4n) is 3.94. The van der Waals surface area contributed by atoms with Crippen molar-refractivity contribution in [3.8, 4) is 5.75 Å².